The Hall–Kier alpha value is -2.41. The van der Waals surface area contributed by atoms with Crippen LogP contribution < -0.4 is 11.1 Å². The molecular formula is C14H16N4O2S. The summed E-state index contributed by atoms with van der Waals surface area (Å²) in [6.07, 6.45) is 0. The summed E-state index contributed by atoms with van der Waals surface area (Å²) in [7, 11) is -1.56. The van der Waals surface area contributed by atoms with E-state index in [0.29, 0.717) is 17.1 Å². The van der Waals surface area contributed by atoms with E-state index in [1.807, 2.05) is 6.07 Å². The summed E-state index contributed by atoms with van der Waals surface area (Å²) in [5.41, 5.74) is 7.73. The van der Waals surface area contributed by atoms with Gasteiger partial charge >= 0.3 is 0 Å². The highest BCUT2D eigenvalue weighted by Gasteiger charge is 2.09. The van der Waals surface area contributed by atoms with E-state index in [4.69, 9.17) is 5.73 Å². The van der Waals surface area contributed by atoms with E-state index >= 15 is 0 Å². The van der Waals surface area contributed by atoms with Crippen molar-refractivity contribution in [2.45, 2.75) is 5.75 Å². The third-order valence-electron chi connectivity index (χ3n) is 2.84. The molecule has 0 unspecified atom stereocenters. The highest BCUT2D eigenvalue weighted by atomic mass is 32.2. The molecule has 1 heterocycles. The molecule has 0 spiro atoms. The maximum atomic E-state index is 11.6. The van der Waals surface area contributed by atoms with E-state index in [9.17, 15) is 8.42 Å². The fourth-order valence-corrected chi connectivity index (χ4v) is 2.62. The minimum atomic E-state index is -3.30. The van der Waals surface area contributed by atoms with Crippen molar-refractivity contribution in [2.24, 2.45) is 0 Å². The molecule has 7 heteroatoms. The van der Waals surface area contributed by atoms with Crippen molar-refractivity contribution in [3.05, 3.63) is 47.9 Å². The first kappa shape index (κ1) is 15.0. The topological polar surface area (TPSA) is 98.0 Å². The molecule has 0 aliphatic heterocycles. The van der Waals surface area contributed by atoms with Gasteiger partial charge in [0.15, 0.2) is 9.84 Å². The zero-order valence-corrected chi connectivity index (χ0v) is 12.4. The smallest absolute Gasteiger partial charge is 0.222 e. The molecule has 2 rings (SSSR count). The van der Waals surface area contributed by atoms with Crippen molar-refractivity contribution in [3.8, 4) is 11.3 Å². The fraction of sp³-hybridized carbons (Fsp3) is 0.143. The number of hydrogen-bond acceptors (Lipinski definition) is 6. The maximum absolute atomic E-state index is 11.6. The Bertz CT molecular complexity index is 772. The Morgan fingerprint density at radius 2 is 2.10 bits per heavy atom. The van der Waals surface area contributed by atoms with Gasteiger partial charge in [-0.15, -0.1) is 0 Å². The number of benzene rings is 1. The minimum Gasteiger partial charge on any atom is -0.373 e. The lowest BCUT2D eigenvalue weighted by Crippen LogP contribution is -2.02. The molecule has 21 heavy (non-hydrogen) atoms. The molecule has 110 valence electrons. The quantitative estimate of drug-likeness (QED) is 0.874. The lowest BCUT2D eigenvalue weighted by atomic mass is 10.1. The number of rotatable bonds is 5. The molecule has 0 amide bonds. The van der Waals surface area contributed by atoms with Gasteiger partial charge in [0, 0.05) is 24.1 Å². The highest BCUT2D eigenvalue weighted by molar-refractivity contribution is 7.93. The minimum absolute atomic E-state index is 0.0935. The zero-order chi connectivity index (χ0) is 15.5. The lowest BCUT2D eigenvalue weighted by Gasteiger charge is -2.07. The SMILES string of the molecule is C=CS(=O)(=O)Cc1cccc(-c2cc(NC)nc(N)n2)c1. The van der Waals surface area contributed by atoms with Gasteiger partial charge in [0.1, 0.15) is 5.82 Å². The van der Waals surface area contributed by atoms with E-state index in [1.165, 1.54) is 0 Å². The Balaban J connectivity index is 2.42. The van der Waals surface area contributed by atoms with Crippen LogP contribution in [0.4, 0.5) is 11.8 Å². The third-order valence-corrected chi connectivity index (χ3v) is 4.09. The van der Waals surface area contributed by atoms with E-state index in [-0.39, 0.29) is 11.7 Å². The number of hydrogen-bond donors (Lipinski definition) is 2. The predicted molar refractivity (Wildman–Crippen MR) is 84.2 cm³/mol. The molecule has 0 atom stereocenters. The summed E-state index contributed by atoms with van der Waals surface area (Å²) in [6, 6.07) is 8.87. The van der Waals surface area contributed by atoms with Crippen molar-refractivity contribution in [1.82, 2.24) is 9.97 Å². The summed E-state index contributed by atoms with van der Waals surface area (Å²) < 4.78 is 23.2. The average Bonchev–Trinajstić information content (AvgIpc) is 2.46. The van der Waals surface area contributed by atoms with Crippen LogP contribution in [0.3, 0.4) is 0 Å². The van der Waals surface area contributed by atoms with E-state index in [2.05, 4.69) is 21.9 Å². The van der Waals surface area contributed by atoms with Crippen LogP contribution in [0.15, 0.2) is 42.3 Å². The number of nitrogens with zero attached hydrogens (tertiary/aromatic N) is 2. The van der Waals surface area contributed by atoms with Crippen LogP contribution in [0.1, 0.15) is 5.56 Å². The van der Waals surface area contributed by atoms with Crippen LogP contribution in [-0.2, 0) is 15.6 Å². The molecule has 0 saturated carbocycles. The summed E-state index contributed by atoms with van der Waals surface area (Å²) in [5, 5.41) is 3.86. The lowest BCUT2D eigenvalue weighted by molar-refractivity contribution is 0.604. The first-order chi connectivity index (χ1) is 9.93. The van der Waals surface area contributed by atoms with Gasteiger partial charge in [-0.25, -0.2) is 13.4 Å². The van der Waals surface area contributed by atoms with Crippen molar-refractivity contribution >= 4 is 21.6 Å². The van der Waals surface area contributed by atoms with Gasteiger partial charge in [-0.3, -0.25) is 0 Å². The molecule has 0 saturated heterocycles. The zero-order valence-electron chi connectivity index (χ0n) is 11.6. The second-order valence-electron chi connectivity index (χ2n) is 4.42. The van der Waals surface area contributed by atoms with Crippen molar-refractivity contribution in [1.29, 1.82) is 0 Å². The molecule has 1 aromatic carbocycles. The van der Waals surface area contributed by atoms with Gasteiger partial charge in [0.25, 0.3) is 0 Å². The molecule has 2 aromatic rings. The Labute approximate surface area is 123 Å². The van der Waals surface area contributed by atoms with Gasteiger partial charge in [-0.05, 0) is 11.6 Å². The van der Waals surface area contributed by atoms with Gasteiger partial charge in [-0.2, -0.15) is 4.98 Å². The monoisotopic (exact) mass is 304 g/mol. The van der Waals surface area contributed by atoms with Crippen LogP contribution in [0.2, 0.25) is 0 Å². The van der Waals surface area contributed by atoms with Gasteiger partial charge in [0.2, 0.25) is 5.95 Å². The summed E-state index contributed by atoms with van der Waals surface area (Å²) in [6.45, 7) is 3.31. The molecular weight excluding hydrogens is 288 g/mol. The molecule has 0 fully saturated rings. The first-order valence-electron chi connectivity index (χ1n) is 6.20. The molecule has 0 bridgehead atoms. The second-order valence-corrected chi connectivity index (χ2v) is 6.37. The van der Waals surface area contributed by atoms with Crippen LogP contribution in [0.25, 0.3) is 11.3 Å². The van der Waals surface area contributed by atoms with Gasteiger partial charge in [-0.1, -0.05) is 24.8 Å². The summed E-state index contributed by atoms with van der Waals surface area (Å²) >= 11 is 0. The molecule has 0 radical (unpaired) electrons. The number of nitrogens with two attached hydrogens (primary N) is 1. The van der Waals surface area contributed by atoms with E-state index in [0.717, 1.165) is 11.0 Å². The maximum Gasteiger partial charge on any atom is 0.222 e. The second kappa shape index (κ2) is 5.92. The average molecular weight is 304 g/mol. The number of anilines is 2. The van der Waals surface area contributed by atoms with Crippen LogP contribution in [0.5, 0.6) is 0 Å². The van der Waals surface area contributed by atoms with Crippen LogP contribution >= 0.6 is 0 Å². The number of sulfone groups is 1. The van der Waals surface area contributed by atoms with Crippen LogP contribution in [-0.4, -0.2) is 25.4 Å². The summed E-state index contributed by atoms with van der Waals surface area (Å²) in [5.74, 6) is 0.659. The van der Waals surface area contributed by atoms with Crippen molar-refractivity contribution < 1.29 is 8.42 Å². The standard InChI is InChI=1S/C14H16N4O2S/c1-3-21(19,20)9-10-5-4-6-11(7-10)12-8-13(16-2)18-14(15)17-12/h3-8H,1,9H2,2H3,(H3,15,16,17,18). The number of nitrogen functional groups attached to an aromatic ring is 1. The van der Waals surface area contributed by atoms with Crippen molar-refractivity contribution in [2.75, 3.05) is 18.1 Å². The first-order valence-corrected chi connectivity index (χ1v) is 7.92. The van der Waals surface area contributed by atoms with Gasteiger partial charge < -0.3 is 11.1 Å². The van der Waals surface area contributed by atoms with Crippen molar-refractivity contribution in [3.63, 3.8) is 0 Å². The van der Waals surface area contributed by atoms with Gasteiger partial charge in [0.05, 0.1) is 11.4 Å². The van der Waals surface area contributed by atoms with Crippen LogP contribution in [0, 0.1) is 0 Å². The van der Waals surface area contributed by atoms with E-state index in [1.54, 1.807) is 31.3 Å². The number of aromatic nitrogens is 2. The Morgan fingerprint density at radius 3 is 2.76 bits per heavy atom. The molecule has 3 N–H and O–H groups in total. The predicted octanol–water partition coefficient (Wildman–Crippen LogP) is 1.83. The molecule has 0 aliphatic rings. The highest BCUT2D eigenvalue weighted by Crippen LogP contribution is 2.22. The molecule has 1 aromatic heterocycles. The summed E-state index contributed by atoms with van der Waals surface area (Å²) in [4.78, 5) is 8.19. The van der Waals surface area contributed by atoms with E-state index < -0.39 is 9.84 Å². The third kappa shape index (κ3) is 3.79. The molecule has 0 aliphatic carbocycles. The largest absolute Gasteiger partial charge is 0.373 e. The Kier molecular flexibility index (Phi) is 4.23. The fourth-order valence-electron chi connectivity index (χ4n) is 1.85. The normalized spacial score (nSPS) is 11.1. The number of nitrogens with one attached hydrogen (secondary N) is 1. The molecule has 6 nitrogen and oxygen atoms in total. The Morgan fingerprint density at radius 1 is 1.33 bits per heavy atom.